The first kappa shape index (κ1) is 18.7. The van der Waals surface area contributed by atoms with Crippen LogP contribution in [0.15, 0.2) is 54.6 Å². The number of carbonyl (C=O) groups is 2. The molecule has 2 amide bonds. The normalized spacial score (nSPS) is 11.0. The van der Waals surface area contributed by atoms with Crippen LogP contribution in [0.3, 0.4) is 0 Å². The minimum atomic E-state index is -0.173. The third-order valence-electron chi connectivity index (χ3n) is 3.48. The van der Waals surface area contributed by atoms with E-state index in [9.17, 15) is 9.59 Å². The maximum Gasteiger partial charge on any atom is 0.251 e. The van der Waals surface area contributed by atoms with Crippen molar-refractivity contribution < 1.29 is 9.59 Å². The summed E-state index contributed by atoms with van der Waals surface area (Å²) in [5.74, 6) is -0.315. The molecule has 5 nitrogen and oxygen atoms in total. The molecule has 0 aliphatic rings. The molecule has 0 heterocycles. The third-order valence-corrected chi connectivity index (χ3v) is 3.48. The Balaban J connectivity index is 1.91. The van der Waals surface area contributed by atoms with Gasteiger partial charge in [-0.05, 0) is 44.5 Å². The van der Waals surface area contributed by atoms with E-state index in [0.29, 0.717) is 17.8 Å². The van der Waals surface area contributed by atoms with Crippen molar-refractivity contribution in [3.63, 3.8) is 0 Å². The number of anilines is 1. The minimum Gasteiger partial charge on any atom is -0.348 e. The van der Waals surface area contributed by atoms with Crippen LogP contribution in [0, 0.1) is 0 Å². The molecule has 132 valence electrons. The van der Waals surface area contributed by atoms with Crippen LogP contribution >= 0.6 is 0 Å². The van der Waals surface area contributed by atoms with E-state index < -0.39 is 0 Å². The summed E-state index contributed by atoms with van der Waals surface area (Å²) in [7, 11) is 0. The molecule has 0 fully saturated rings. The third kappa shape index (κ3) is 6.77. The van der Waals surface area contributed by atoms with Crippen molar-refractivity contribution in [3.05, 3.63) is 65.7 Å². The monoisotopic (exact) mass is 339 g/mol. The summed E-state index contributed by atoms with van der Waals surface area (Å²) in [6, 6.07) is 16.6. The van der Waals surface area contributed by atoms with Gasteiger partial charge in [0, 0.05) is 23.3 Å². The quantitative estimate of drug-likeness (QED) is 0.758. The Morgan fingerprint density at radius 3 is 2.36 bits per heavy atom. The van der Waals surface area contributed by atoms with Gasteiger partial charge in [-0.15, -0.1) is 0 Å². The van der Waals surface area contributed by atoms with Crippen LogP contribution in [0.4, 0.5) is 5.69 Å². The second-order valence-electron chi connectivity index (χ2n) is 6.90. The summed E-state index contributed by atoms with van der Waals surface area (Å²) in [6.07, 6.45) is 0. The van der Waals surface area contributed by atoms with Gasteiger partial charge in [-0.25, -0.2) is 0 Å². The fourth-order valence-electron chi connectivity index (χ4n) is 2.17. The fourth-order valence-corrected chi connectivity index (χ4v) is 2.17. The number of hydrogen-bond donors (Lipinski definition) is 3. The van der Waals surface area contributed by atoms with Crippen molar-refractivity contribution in [1.82, 2.24) is 10.6 Å². The highest BCUT2D eigenvalue weighted by molar-refractivity contribution is 5.97. The van der Waals surface area contributed by atoms with Gasteiger partial charge in [0.1, 0.15) is 0 Å². The lowest BCUT2D eigenvalue weighted by Gasteiger charge is -2.20. The molecule has 25 heavy (non-hydrogen) atoms. The number of carbonyl (C=O) groups excluding carboxylic acids is 2. The molecule has 3 N–H and O–H groups in total. The van der Waals surface area contributed by atoms with E-state index >= 15 is 0 Å². The number of rotatable bonds is 6. The predicted molar refractivity (Wildman–Crippen MR) is 100 cm³/mol. The molecular weight excluding hydrogens is 314 g/mol. The lowest BCUT2D eigenvalue weighted by Crippen LogP contribution is -2.41. The SMILES string of the molecule is CC(C)(C)NCC(=O)Nc1cccc(C(=O)NCc2ccccc2)c1. The Morgan fingerprint density at radius 1 is 0.960 bits per heavy atom. The predicted octanol–water partition coefficient (Wildman–Crippen LogP) is 2.94. The molecule has 0 saturated carbocycles. The van der Waals surface area contributed by atoms with Crippen LogP contribution in [-0.4, -0.2) is 23.9 Å². The summed E-state index contributed by atoms with van der Waals surface area (Å²) >= 11 is 0. The van der Waals surface area contributed by atoms with Crippen molar-refractivity contribution >= 4 is 17.5 Å². The number of hydrogen-bond acceptors (Lipinski definition) is 3. The highest BCUT2D eigenvalue weighted by Crippen LogP contribution is 2.11. The summed E-state index contributed by atoms with van der Waals surface area (Å²) in [4.78, 5) is 24.3. The molecule has 0 aromatic heterocycles. The van der Waals surface area contributed by atoms with E-state index in [0.717, 1.165) is 5.56 Å². The Kier molecular flexibility index (Phi) is 6.31. The molecule has 0 unspecified atom stereocenters. The standard InChI is InChI=1S/C20H25N3O2/c1-20(2,3)22-14-18(24)23-17-11-7-10-16(12-17)19(25)21-13-15-8-5-4-6-9-15/h4-12,22H,13-14H2,1-3H3,(H,21,25)(H,23,24). The Morgan fingerprint density at radius 2 is 1.68 bits per heavy atom. The van der Waals surface area contributed by atoms with Gasteiger partial charge in [0.25, 0.3) is 5.91 Å². The van der Waals surface area contributed by atoms with E-state index in [4.69, 9.17) is 0 Å². The lowest BCUT2D eigenvalue weighted by molar-refractivity contribution is -0.115. The highest BCUT2D eigenvalue weighted by Gasteiger charge is 2.12. The van der Waals surface area contributed by atoms with Crippen molar-refractivity contribution in [2.75, 3.05) is 11.9 Å². The number of nitrogens with one attached hydrogen (secondary N) is 3. The van der Waals surface area contributed by atoms with Crippen molar-refractivity contribution in [1.29, 1.82) is 0 Å². The van der Waals surface area contributed by atoms with Crippen LogP contribution in [0.5, 0.6) is 0 Å². The van der Waals surface area contributed by atoms with Crippen molar-refractivity contribution in [3.8, 4) is 0 Å². The van der Waals surface area contributed by atoms with E-state index in [1.54, 1.807) is 24.3 Å². The first-order valence-electron chi connectivity index (χ1n) is 8.30. The summed E-state index contributed by atoms with van der Waals surface area (Å²) in [5.41, 5.74) is 2.02. The van der Waals surface area contributed by atoms with Gasteiger partial charge >= 0.3 is 0 Å². The van der Waals surface area contributed by atoms with Gasteiger partial charge in [0.2, 0.25) is 5.91 Å². The molecule has 2 aromatic rings. The molecule has 2 rings (SSSR count). The van der Waals surface area contributed by atoms with Gasteiger partial charge in [-0.1, -0.05) is 36.4 Å². The van der Waals surface area contributed by atoms with Gasteiger partial charge in [0.15, 0.2) is 0 Å². The van der Waals surface area contributed by atoms with E-state index in [-0.39, 0.29) is 23.9 Å². The van der Waals surface area contributed by atoms with E-state index in [2.05, 4.69) is 16.0 Å². The van der Waals surface area contributed by atoms with Gasteiger partial charge < -0.3 is 16.0 Å². The summed E-state index contributed by atoms with van der Waals surface area (Å²) in [6.45, 7) is 6.67. The van der Waals surface area contributed by atoms with Crippen LogP contribution in [-0.2, 0) is 11.3 Å². The van der Waals surface area contributed by atoms with Crippen LogP contribution in [0.25, 0.3) is 0 Å². The summed E-state index contributed by atoms with van der Waals surface area (Å²) in [5, 5.41) is 8.81. The maximum atomic E-state index is 12.3. The zero-order chi connectivity index (χ0) is 18.3. The van der Waals surface area contributed by atoms with Crippen molar-refractivity contribution in [2.45, 2.75) is 32.9 Å². The number of amides is 2. The largest absolute Gasteiger partial charge is 0.348 e. The first-order valence-corrected chi connectivity index (χ1v) is 8.30. The zero-order valence-electron chi connectivity index (χ0n) is 14.9. The van der Waals surface area contributed by atoms with E-state index in [1.807, 2.05) is 51.1 Å². The van der Waals surface area contributed by atoms with Crippen molar-refractivity contribution in [2.24, 2.45) is 0 Å². The van der Waals surface area contributed by atoms with Crippen LogP contribution in [0.2, 0.25) is 0 Å². The second kappa shape index (κ2) is 8.44. The number of benzene rings is 2. The average molecular weight is 339 g/mol. The molecule has 0 radical (unpaired) electrons. The highest BCUT2D eigenvalue weighted by atomic mass is 16.2. The Bertz CT molecular complexity index is 721. The molecule has 0 aliphatic carbocycles. The maximum absolute atomic E-state index is 12.3. The zero-order valence-corrected chi connectivity index (χ0v) is 14.9. The van der Waals surface area contributed by atoms with Gasteiger partial charge in [-0.2, -0.15) is 0 Å². The summed E-state index contributed by atoms with van der Waals surface area (Å²) < 4.78 is 0. The van der Waals surface area contributed by atoms with Crippen LogP contribution in [0.1, 0.15) is 36.7 Å². The second-order valence-corrected chi connectivity index (χ2v) is 6.90. The molecule has 0 spiro atoms. The average Bonchev–Trinajstić information content (AvgIpc) is 2.58. The van der Waals surface area contributed by atoms with E-state index in [1.165, 1.54) is 0 Å². The molecular formula is C20H25N3O2. The Hall–Kier alpha value is -2.66. The topological polar surface area (TPSA) is 70.2 Å². The molecule has 0 atom stereocenters. The molecule has 0 bridgehead atoms. The molecule has 2 aromatic carbocycles. The molecule has 5 heteroatoms. The molecule has 0 saturated heterocycles. The van der Waals surface area contributed by atoms with Gasteiger partial charge in [-0.3, -0.25) is 9.59 Å². The van der Waals surface area contributed by atoms with Crippen LogP contribution < -0.4 is 16.0 Å². The first-order chi connectivity index (χ1) is 11.8. The minimum absolute atomic E-state index is 0.128. The van der Waals surface area contributed by atoms with Gasteiger partial charge in [0.05, 0.1) is 6.54 Å². The smallest absolute Gasteiger partial charge is 0.251 e. The molecule has 0 aliphatic heterocycles. The fraction of sp³-hybridized carbons (Fsp3) is 0.300. The Labute approximate surface area is 148 Å². The lowest BCUT2D eigenvalue weighted by atomic mass is 10.1.